The molecular weight excluding hydrogens is 240 g/mol. The maximum atomic E-state index is 4.48. The molecule has 0 aliphatic rings. The number of aromatic amines is 1. The maximum absolute atomic E-state index is 4.48. The van der Waals surface area contributed by atoms with Crippen molar-refractivity contribution >= 4 is 0 Å². The highest BCUT2D eigenvalue weighted by atomic mass is 15.3. The molecule has 3 aromatic rings. The first-order chi connectivity index (χ1) is 9.15. The Labute approximate surface area is 110 Å². The van der Waals surface area contributed by atoms with Crippen molar-refractivity contribution in [2.75, 3.05) is 0 Å². The van der Waals surface area contributed by atoms with Gasteiger partial charge >= 0.3 is 0 Å². The molecule has 19 heavy (non-hydrogen) atoms. The first-order valence-corrected chi connectivity index (χ1v) is 6.01. The van der Waals surface area contributed by atoms with Crippen LogP contribution in [0.1, 0.15) is 11.4 Å². The zero-order valence-electron chi connectivity index (χ0n) is 11.0. The lowest BCUT2D eigenvalue weighted by Gasteiger charge is -1.97. The van der Waals surface area contributed by atoms with Gasteiger partial charge in [-0.2, -0.15) is 5.10 Å². The fraction of sp³-hybridized carbons (Fsp3) is 0.231. The van der Waals surface area contributed by atoms with Gasteiger partial charge in [0.25, 0.3) is 0 Å². The van der Waals surface area contributed by atoms with Crippen LogP contribution in [-0.2, 0) is 7.05 Å². The first-order valence-electron chi connectivity index (χ1n) is 6.01. The topological polar surface area (TPSA) is 72.3 Å². The predicted octanol–water partition coefficient (Wildman–Crippen LogP) is 1.88. The number of hydrogen-bond donors (Lipinski definition) is 1. The molecule has 96 valence electrons. The number of hydrogen-bond acceptors (Lipinski definition) is 4. The molecule has 0 saturated heterocycles. The third-order valence-corrected chi connectivity index (χ3v) is 3.07. The summed E-state index contributed by atoms with van der Waals surface area (Å²) < 4.78 is 1.88. The van der Waals surface area contributed by atoms with Crippen molar-refractivity contribution < 1.29 is 0 Å². The minimum absolute atomic E-state index is 0.625. The SMILES string of the molecule is Cc1cccc(-c2n[nH]c(-c3nnc(C)n3C)n2)c1. The molecule has 0 atom stereocenters. The molecule has 0 spiro atoms. The van der Waals surface area contributed by atoms with Gasteiger partial charge in [-0.1, -0.05) is 23.8 Å². The molecule has 0 bridgehead atoms. The van der Waals surface area contributed by atoms with E-state index in [1.165, 1.54) is 5.56 Å². The lowest BCUT2D eigenvalue weighted by atomic mass is 10.1. The largest absolute Gasteiger partial charge is 0.312 e. The van der Waals surface area contributed by atoms with Crippen LogP contribution in [0.25, 0.3) is 23.0 Å². The highest BCUT2D eigenvalue weighted by Gasteiger charge is 2.13. The van der Waals surface area contributed by atoms with E-state index < -0.39 is 0 Å². The van der Waals surface area contributed by atoms with E-state index in [2.05, 4.69) is 31.4 Å². The number of aryl methyl sites for hydroxylation is 2. The smallest absolute Gasteiger partial charge is 0.201 e. The summed E-state index contributed by atoms with van der Waals surface area (Å²) in [6.45, 7) is 3.94. The normalized spacial score (nSPS) is 10.9. The number of H-pyrrole nitrogens is 1. The summed E-state index contributed by atoms with van der Waals surface area (Å²) in [6, 6.07) is 8.08. The summed E-state index contributed by atoms with van der Waals surface area (Å²) in [4.78, 5) is 4.48. The molecule has 6 heteroatoms. The van der Waals surface area contributed by atoms with Crippen LogP contribution in [-0.4, -0.2) is 29.9 Å². The third-order valence-electron chi connectivity index (χ3n) is 3.07. The van der Waals surface area contributed by atoms with Gasteiger partial charge < -0.3 is 4.57 Å². The van der Waals surface area contributed by atoms with Gasteiger partial charge in [-0.3, -0.25) is 5.10 Å². The van der Waals surface area contributed by atoms with E-state index in [4.69, 9.17) is 0 Å². The van der Waals surface area contributed by atoms with Crippen LogP contribution < -0.4 is 0 Å². The molecule has 3 rings (SSSR count). The summed E-state index contributed by atoms with van der Waals surface area (Å²) in [5.74, 6) is 2.81. The molecule has 1 aromatic carbocycles. The van der Waals surface area contributed by atoms with Gasteiger partial charge in [0.1, 0.15) is 5.82 Å². The first kappa shape index (κ1) is 11.6. The summed E-state index contributed by atoms with van der Waals surface area (Å²) in [5, 5.41) is 15.2. The van der Waals surface area contributed by atoms with Crippen molar-refractivity contribution in [3.05, 3.63) is 35.7 Å². The average Bonchev–Trinajstić information content (AvgIpc) is 2.98. The van der Waals surface area contributed by atoms with E-state index in [1.807, 2.05) is 43.7 Å². The molecule has 0 amide bonds. The lowest BCUT2D eigenvalue weighted by molar-refractivity contribution is 0.857. The molecule has 0 saturated carbocycles. The van der Waals surface area contributed by atoms with Crippen molar-refractivity contribution in [2.24, 2.45) is 7.05 Å². The second kappa shape index (κ2) is 4.31. The van der Waals surface area contributed by atoms with Gasteiger partial charge in [0.05, 0.1) is 0 Å². The summed E-state index contributed by atoms with van der Waals surface area (Å²) >= 11 is 0. The Bertz CT molecular complexity index is 724. The second-order valence-corrected chi connectivity index (χ2v) is 4.51. The Kier molecular flexibility index (Phi) is 2.63. The summed E-state index contributed by atoms with van der Waals surface area (Å²) in [5.41, 5.74) is 2.17. The molecule has 0 fully saturated rings. The summed E-state index contributed by atoms with van der Waals surface area (Å²) in [6.07, 6.45) is 0. The third kappa shape index (κ3) is 2.01. The number of nitrogens with one attached hydrogen (secondary N) is 1. The van der Waals surface area contributed by atoms with E-state index in [1.54, 1.807) is 0 Å². The van der Waals surface area contributed by atoms with Gasteiger partial charge in [-0.25, -0.2) is 4.98 Å². The van der Waals surface area contributed by atoms with Crippen LogP contribution in [0, 0.1) is 13.8 Å². The monoisotopic (exact) mass is 254 g/mol. The zero-order valence-corrected chi connectivity index (χ0v) is 11.0. The molecule has 0 aliphatic heterocycles. The highest BCUT2D eigenvalue weighted by molar-refractivity contribution is 5.58. The van der Waals surface area contributed by atoms with E-state index in [0.717, 1.165) is 11.4 Å². The average molecular weight is 254 g/mol. The molecule has 1 N–H and O–H groups in total. The van der Waals surface area contributed by atoms with Gasteiger partial charge in [-0.15, -0.1) is 10.2 Å². The quantitative estimate of drug-likeness (QED) is 0.758. The van der Waals surface area contributed by atoms with Crippen molar-refractivity contribution in [3.63, 3.8) is 0 Å². The van der Waals surface area contributed by atoms with Gasteiger partial charge in [0, 0.05) is 12.6 Å². The number of rotatable bonds is 2. The Morgan fingerprint density at radius 1 is 1.16 bits per heavy atom. The van der Waals surface area contributed by atoms with Crippen LogP contribution in [0.5, 0.6) is 0 Å². The zero-order chi connectivity index (χ0) is 13.4. The standard InChI is InChI=1S/C13H14N6/c1-8-5-4-6-10(7-8)11-14-12(17-16-11)13-18-15-9(2)19(13)3/h4-7H,1-3H3,(H,14,16,17). The van der Waals surface area contributed by atoms with Crippen molar-refractivity contribution in [1.29, 1.82) is 0 Å². The van der Waals surface area contributed by atoms with Crippen LogP contribution in [0.2, 0.25) is 0 Å². The van der Waals surface area contributed by atoms with Crippen molar-refractivity contribution in [2.45, 2.75) is 13.8 Å². The Morgan fingerprint density at radius 2 is 2.00 bits per heavy atom. The van der Waals surface area contributed by atoms with Crippen LogP contribution in [0.15, 0.2) is 24.3 Å². The maximum Gasteiger partial charge on any atom is 0.201 e. The molecule has 6 nitrogen and oxygen atoms in total. The van der Waals surface area contributed by atoms with Gasteiger partial charge in [0.15, 0.2) is 11.6 Å². The fourth-order valence-corrected chi connectivity index (χ4v) is 1.89. The van der Waals surface area contributed by atoms with E-state index in [0.29, 0.717) is 17.5 Å². The highest BCUT2D eigenvalue weighted by Crippen LogP contribution is 2.19. The van der Waals surface area contributed by atoms with Gasteiger partial charge in [0.2, 0.25) is 5.82 Å². The molecule has 2 aromatic heterocycles. The van der Waals surface area contributed by atoms with Crippen LogP contribution in [0.3, 0.4) is 0 Å². The second-order valence-electron chi connectivity index (χ2n) is 4.51. The van der Waals surface area contributed by atoms with Crippen LogP contribution in [0.4, 0.5) is 0 Å². The van der Waals surface area contributed by atoms with Gasteiger partial charge in [-0.05, 0) is 19.9 Å². The lowest BCUT2D eigenvalue weighted by Crippen LogP contribution is -1.96. The predicted molar refractivity (Wildman–Crippen MR) is 71.3 cm³/mol. The Balaban J connectivity index is 2.02. The van der Waals surface area contributed by atoms with Crippen LogP contribution >= 0.6 is 0 Å². The molecular formula is C13H14N6. The molecule has 0 unspecified atom stereocenters. The summed E-state index contributed by atoms with van der Waals surface area (Å²) in [7, 11) is 1.90. The Morgan fingerprint density at radius 3 is 2.68 bits per heavy atom. The van der Waals surface area contributed by atoms with E-state index in [9.17, 15) is 0 Å². The number of benzene rings is 1. The van der Waals surface area contributed by atoms with E-state index >= 15 is 0 Å². The molecule has 2 heterocycles. The minimum atomic E-state index is 0.625. The van der Waals surface area contributed by atoms with Crippen molar-refractivity contribution in [3.8, 4) is 23.0 Å². The Hall–Kier alpha value is -2.50. The molecule has 0 radical (unpaired) electrons. The minimum Gasteiger partial charge on any atom is -0.312 e. The number of nitrogens with zero attached hydrogens (tertiary/aromatic N) is 5. The number of aromatic nitrogens is 6. The fourth-order valence-electron chi connectivity index (χ4n) is 1.89. The molecule has 0 aliphatic carbocycles. The van der Waals surface area contributed by atoms with E-state index in [-0.39, 0.29) is 0 Å². The van der Waals surface area contributed by atoms with Crippen molar-refractivity contribution in [1.82, 2.24) is 29.9 Å².